The smallest absolute Gasteiger partial charge is 0.228 e. The van der Waals surface area contributed by atoms with E-state index in [9.17, 15) is 9.90 Å². The molecule has 26 heavy (non-hydrogen) atoms. The molecule has 0 aliphatic heterocycles. The monoisotopic (exact) mass is 391 g/mol. The molecular formula is C16H17N5O3S2. The maximum Gasteiger partial charge on any atom is 0.228 e. The van der Waals surface area contributed by atoms with Gasteiger partial charge in [0, 0.05) is 11.8 Å². The van der Waals surface area contributed by atoms with E-state index in [1.54, 1.807) is 6.20 Å². The molecule has 136 valence electrons. The lowest BCUT2D eigenvalue weighted by Gasteiger charge is -2.06. The number of carbonyl (C=O) groups is 1. The second-order valence-corrected chi connectivity index (χ2v) is 6.80. The van der Waals surface area contributed by atoms with E-state index in [4.69, 9.17) is 5.11 Å². The molecule has 3 aromatic heterocycles. The topological polar surface area (TPSA) is 120 Å². The molecule has 0 bridgehead atoms. The third-order valence-electron chi connectivity index (χ3n) is 3.64. The summed E-state index contributed by atoms with van der Waals surface area (Å²) >= 11 is 5.30. The number of thiol groups is 1. The van der Waals surface area contributed by atoms with Crippen molar-refractivity contribution >= 4 is 51.2 Å². The van der Waals surface area contributed by atoms with E-state index in [1.807, 2.05) is 25.1 Å². The van der Waals surface area contributed by atoms with Crippen LogP contribution in [0.5, 0.6) is 0 Å². The number of aliphatic hydroxyl groups excluding tert-OH is 2. The molecule has 0 saturated carbocycles. The van der Waals surface area contributed by atoms with Gasteiger partial charge in [-0.2, -0.15) is 0 Å². The quantitative estimate of drug-likeness (QED) is 0.408. The second-order valence-electron chi connectivity index (χ2n) is 5.60. The first-order valence-corrected chi connectivity index (χ1v) is 9.00. The van der Waals surface area contributed by atoms with E-state index in [1.165, 1.54) is 11.3 Å². The van der Waals surface area contributed by atoms with Crippen molar-refractivity contribution in [2.75, 3.05) is 16.6 Å². The summed E-state index contributed by atoms with van der Waals surface area (Å²) in [6.07, 6.45) is 0.454. The molecule has 0 fully saturated rings. The Bertz CT molecular complexity index is 947. The number of aliphatic hydroxyl groups is 2. The molecule has 10 heteroatoms. The Hall–Kier alpha value is -2.27. The molecule has 0 aliphatic rings. The van der Waals surface area contributed by atoms with Crippen LogP contribution in [0.2, 0.25) is 0 Å². The fourth-order valence-electron chi connectivity index (χ4n) is 2.27. The number of pyridine rings is 2. The van der Waals surface area contributed by atoms with Crippen LogP contribution in [0.4, 0.5) is 10.8 Å². The van der Waals surface area contributed by atoms with E-state index in [0.717, 1.165) is 22.6 Å². The highest BCUT2D eigenvalue weighted by Gasteiger charge is 2.13. The van der Waals surface area contributed by atoms with Gasteiger partial charge < -0.3 is 20.3 Å². The molecule has 4 N–H and O–H groups in total. The number of aryl methyl sites for hydroxylation is 1. The SMILES string of the molecule is Cc1ncc(-c2ccc3nc(NC(=O)C[C@H](O)CO)sc3n2)cc1NS. The maximum atomic E-state index is 11.8. The van der Waals surface area contributed by atoms with Crippen molar-refractivity contribution in [1.29, 1.82) is 0 Å². The summed E-state index contributed by atoms with van der Waals surface area (Å²) < 4.78 is 2.80. The van der Waals surface area contributed by atoms with Crippen molar-refractivity contribution in [3.8, 4) is 11.3 Å². The van der Waals surface area contributed by atoms with Crippen molar-refractivity contribution < 1.29 is 15.0 Å². The minimum Gasteiger partial charge on any atom is -0.394 e. The summed E-state index contributed by atoms with van der Waals surface area (Å²) in [5.41, 5.74) is 3.85. The third kappa shape index (κ3) is 4.10. The molecule has 0 unspecified atom stereocenters. The lowest BCUT2D eigenvalue weighted by atomic mass is 10.1. The minimum atomic E-state index is -1.09. The van der Waals surface area contributed by atoms with Crippen LogP contribution in [-0.4, -0.2) is 43.8 Å². The maximum absolute atomic E-state index is 11.8. The molecule has 0 aliphatic carbocycles. The van der Waals surface area contributed by atoms with E-state index >= 15 is 0 Å². The summed E-state index contributed by atoms with van der Waals surface area (Å²) in [6, 6.07) is 5.56. The van der Waals surface area contributed by atoms with Crippen molar-refractivity contribution in [2.45, 2.75) is 19.4 Å². The van der Waals surface area contributed by atoms with Gasteiger partial charge in [-0.25, -0.2) is 9.97 Å². The summed E-state index contributed by atoms with van der Waals surface area (Å²) in [6.45, 7) is 1.41. The number of amides is 1. The first-order valence-electron chi connectivity index (χ1n) is 7.73. The second kappa shape index (κ2) is 7.96. The van der Waals surface area contributed by atoms with Gasteiger partial charge in [0.05, 0.1) is 36.2 Å². The van der Waals surface area contributed by atoms with Crippen molar-refractivity contribution in [2.24, 2.45) is 0 Å². The number of hydrogen-bond acceptors (Lipinski definition) is 9. The molecule has 0 spiro atoms. The highest BCUT2D eigenvalue weighted by atomic mass is 32.1. The van der Waals surface area contributed by atoms with E-state index < -0.39 is 18.6 Å². The summed E-state index contributed by atoms with van der Waals surface area (Å²) in [5.74, 6) is -0.418. The molecular weight excluding hydrogens is 374 g/mol. The third-order valence-corrected chi connectivity index (χ3v) is 4.76. The zero-order valence-electron chi connectivity index (χ0n) is 13.8. The van der Waals surface area contributed by atoms with Crippen molar-refractivity contribution in [3.05, 3.63) is 30.1 Å². The Kier molecular flexibility index (Phi) is 5.67. The van der Waals surface area contributed by atoms with E-state index in [2.05, 4.69) is 37.8 Å². The fourth-order valence-corrected chi connectivity index (χ4v) is 3.35. The van der Waals surface area contributed by atoms with Crippen molar-refractivity contribution in [1.82, 2.24) is 15.0 Å². The van der Waals surface area contributed by atoms with Crippen LogP contribution in [0.3, 0.4) is 0 Å². The van der Waals surface area contributed by atoms with Gasteiger partial charge in [0.1, 0.15) is 10.3 Å². The number of nitrogens with one attached hydrogen (secondary N) is 2. The number of thiazole rings is 1. The summed E-state index contributed by atoms with van der Waals surface area (Å²) in [5, 5.41) is 21.1. The number of carbonyl (C=O) groups excluding carboxylic acids is 1. The van der Waals surface area contributed by atoms with Crippen LogP contribution in [0.1, 0.15) is 12.1 Å². The molecule has 1 amide bonds. The van der Waals surface area contributed by atoms with Gasteiger partial charge in [0.25, 0.3) is 0 Å². The number of fused-ring (bicyclic) bond motifs is 1. The van der Waals surface area contributed by atoms with Gasteiger partial charge in [-0.1, -0.05) is 24.2 Å². The number of aromatic nitrogens is 3. The molecule has 0 radical (unpaired) electrons. The molecule has 0 aromatic carbocycles. The number of hydrogen-bond donors (Lipinski definition) is 5. The highest BCUT2D eigenvalue weighted by Crippen LogP contribution is 2.29. The number of anilines is 2. The van der Waals surface area contributed by atoms with Crippen LogP contribution in [0, 0.1) is 6.92 Å². The molecule has 3 heterocycles. The molecule has 3 aromatic rings. The zero-order valence-corrected chi connectivity index (χ0v) is 15.5. The van der Waals surface area contributed by atoms with Crippen LogP contribution in [-0.2, 0) is 4.79 Å². The minimum absolute atomic E-state index is 0.195. The zero-order chi connectivity index (χ0) is 18.7. The predicted octanol–water partition coefficient (Wildman–Crippen LogP) is 2.00. The molecule has 1 atom stereocenters. The van der Waals surface area contributed by atoms with E-state index in [-0.39, 0.29) is 6.42 Å². The first-order chi connectivity index (χ1) is 12.5. The van der Waals surface area contributed by atoms with E-state index in [0.29, 0.717) is 15.5 Å². The van der Waals surface area contributed by atoms with Crippen LogP contribution in [0.15, 0.2) is 24.4 Å². The van der Waals surface area contributed by atoms with Crippen LogP contribution >= 0.6 is 24.2 Å². The fraction of sp³-hybridized carbons (Fsp3) is 0.250. The Morgan fingerprint density at radius 1 is 1.38 bits per heavy atom. The normalized spacial score (nSPS) is 12.2. The summed E-state index contributed by atoms with van der Waals surface area (Å²) in [4.78, 5) is 25.7. The molecule has 0 saturated heterocycles. The molecule has 3 rings (SSSR count). The van der Waals surface area contributed by atoms with Crippen LogP contribution in [0.25, 0.3) is 21.6 Å². The van der Waals surface area contributed by atoms with Gasteiger partial charge >= 0.3 is 0 Å². The number of rotatable bonds is 6. The van der Waals surface area contributed by atoms with Gasteiger partial charge in [0.15, 0.2) is 5.13 Å². The average molecular weight is 391 g/mol. The van der Waals surface area contributed by atoms with Gasteiger partial charge in [-0.05, 0) is 25.1 Å². The predicted molar refractivity (Wildman–Crippen MR) is 104 cm³/mol. The largest absolute Gasteiger partial charge is 0.394 e. The number of nitrogens with zero attached hydrogens (tertiary/aromatic N) is 3. The Labute approximate surface area is 158 Å². The van der Waals surface area contributed by atoms with Crippen LogP contribution < -0.4 is 10.0 Å². The highest BCUT2D eigenvalue weighted by molar-refractivity contribution is 7.81. The summed E-state index contributed by atoms with van der Waals surface area (Å²) in [7, 11) is 0. The average Bonchev–Trinajstić information content (AvgIpc) is 3.02. The van der Waals surface area contributed by atoms with Gasteiger partial charge in [-0.15, -0.1) is 0 Å². The Morgan fingerprint density at radius 2 is 2.19 bits per heavy atom. The standard InChI is InChI=1S/C16H17N5O3S2/c1-8-13(21-25)4-9(6-17-8)11-2-3-12-15(18-11)26-16(19-12)20-14(24)5-10(23)7-22/h2-4,6,10,21-23,25H,5,7H2,1H3,(H,19,20,24)/t10-/m0/s1. The molecule has 8 nitrogen and oxygen atoms in total. The lowest BCUT2D eigenvalue weighted by molar-refractivity contribution is -0.118. The van der Waals surface area contributed by atoms with Gasteiger partial charge in [-0.3, -0.25) is 9.78 Å². The Balaban J connectivity index is 1.84. The van der Waals surface area contributed by atoms with Crippen molar-refractivity contribution in [3.63, 3.8) is 0 Å². The Morgan fingerprint density at radius 3 is 2.92 bits per heavy atom. The first kappa shape index (κ1) is 18.5. The van der Waals surface area contributed by atoms with Gasteiger partial charge in [0.2, 0.25) is 5.91 Å². The lowest BCUT2D eigenvalue weighted by Crippen LogP contribution is -2.22.